The average Bonchev–Trinajstić information content (AvgIpc) is 3.03. The van der Waals surface area contributed by atoms with Crippen LogP contribution in [-0.4, -0.2) is 21.1 Å². The highest BCUT2D eigenvalue weighted by Gasteiger charge is 2.14. The lowest BCUT2D eigenvalue weighted by molar-refractivity contribution is 0.0929. The van der Waals surface area contributed by atoms with Crippen LogP contribution in [0, 0.1) is 0 Å². The summed E-state index contributed by atoms with van der Waals surface area (Å²) in [4.78, 5) is 25.2. The number of benzene rings is 2. The van der Waals surface area contributed by atoms with E-state index < -0.39 is 11.6 Å². The molecule has 0 bridgehead atoms. The van der Waals surface area contributed by atoms with Gasteiger partial charge in [-0.1, -0.05) is 30.3 Å². The van der Waals surface area contributed by atoms with Crippen LogP contribution in [-0.2, 0) is 0 Å². The molecule has 3 N–H and O–H groups in total. The van der Waals surface area contributed by atoms with Crippen LogP contribution >= 0.6 is 0 Å². The van der Waals surface area contributed by atoms with Crippen LogP contribution in [0.2, 0.25) is 0 Å². The number of nitrogens with zero attached hydrogens (tertiary/aromatic N) is 1. The predicted molar refractivity (Wildman–Crippen MR) is 88.0 cm³/mol. The molecule has 3 aromatic rings. The summed E-state index contributed by atoms with van der Waals surface area (Å²) in [5, 5.41) is 8.52. The van der Waals surface area contributed by atoms with E-state index in [0.29, 0.717) is 5.75 Å². The van der Waals surface area contributed by atoms with Gasteiger partial charge in [0.1, 0.15) is 11.5 Å². The van der Waals surface area contributed by atoms with E-state index in [4.69, 9.17) is 4.74 Å². The molecule has 0 saturated heterocycles. The van der Waals surface area contributed by atoms with Crippen LogP contribution < -0.4 is 15.7 Å². The molecule has 0 unspecified atom stereocenters. The number of amides is 1. The maximum atomic E-state index is 12.0. The molecule has 0 spiro atoms. The number of nitrogens with one attached hydrogen (secondary N) is 3. The summed E-state index contributed by atoms with van der Waals surface area (Å²) in [6, 6.07) is 16.6. The lowest BCUT2D eigenvalue weighted by atomic mass is 10.1. The van der Waals surface area contributed by atoms with Gasteiger partial charge in [-0.2, -0.15) is 0 Å². The second-order valence-corrected chi connectivity index (χ2v) is 5.21. The lowest BCUT2D eigenvalue weighted by Gasteiger charge is -2.14. The number of para-hydroxylation sites is 1. The molecular weight excluding hydrogens is 308 g/mol. The molecule has 7 nitrogen and oxygen atoms in total. The van der Waals surface area contributed by atoms with E-state index >= 15 is 0 Å². The Morgan fingerprint density at radius 1 is 1.08 bits per heavy atom. The van der Waals surface area contributed by atoms with Crippen molar-refractivity contribution in [3.8, 4) is 11.5 Å². The average molecular weight is 324 g/mol. The van der Waals surface area contributed by atoms with Crippen LogP contribution in [0.4, 0.5) is 0 Å². The third kappa shape index (κ3) is 3.70. The minimum atomic E-state index is -0.518. The molecule has 7 heteroatoms. The molecule has 0 radical (unpaired) electrons. The molecule has 1 heterocycles. The monoisotopic (exact) mass is 324 g/mol. The number of ether oxygens (including phenoxy) is 1. The Hall–Kier alpha value is -3.35. The van der Waals surface area contributed by atoms with Crippen LogP contribution in [0.1, 0.15) is 29.1 Å². The first-order valence-electron chi connectivity index (χ1n) is 7.40. The van der Waals surface area contributed by atoms with Crippen molar-refractivity contribution in [3.05, 3.63) is 76.5 Å². The quantitative estimate of drug-likeness (QED) is 0.671. The van der Waals surface area contributed by atoms with Gasteiger partial charge in [0, 0.05) is 0 Å². The summed E-state index contributed by atoms with van der Waals surface area (Å²) in [5.74, 6) is 0.968. The first-order valence-corrected chi connectivity index (χ1v) is 7.40. The van der Waals surface area contributed by atoms with E-state index in [-0.39, 0.29) is 11.9 Å². The molecular formula is C17H16N4O3. The van der Waals surface area contributed by atoms with Gasteiger partial charge in [0.25, 0.3) is 5.91 Å². The maximum Gasteiger partial charge on any atom is 0.341 e. The number of carbonyl (C=O) groups excluding carboxylic acids is 1. The first-order chi connectivity index (χ1) is 11.6. The number of rotatable bonds is 5. The molecule has 122 valence electrons. The predicted octanol–water partition coefficient (Wildman–Crippen LogP) is 2.38. The fraction of sp³-hybridized carbons (Fsp3) is 0.118. The minimum absolute atomic E-state index is 0.0455. The molecule has 24 heavy (non-hydrogen) atoms. The van der Waals surface area contributed by atoms with Crippen molar-refractivity contribution in [1.29, 1.82) is 0 Å². The molecule has 0 aliphatic rings. The number of aromatic amines is 2. The number of hydrogen-bond donors (Lipinski definition) is 3. The summed E-state index contributed by atoms with van der Waals surface area (Å²) >= 11 is 0. The van der Waals surface area contributed by atoms with Gasteiger partial charge in [-0.3, -0.25) is 9.78 Å². The topological polar surface area (TPSA) is 99.9 Å². The van der Waals surface area contributed by atoms with Gasteiger partial charge in [0.15, 0.2) is 0 Å². The van der Waals surface area contributed by atoms with Crippen molar-refractivity contribution in [1.82, 2.24) is 20.5 Å². The largest absolute Gasteiger partial charge is 0.457 e. The Morgan fingerprint density at radius 3 is 2.38 bits per heavy atom. The summed E-state index contributed by atoms with van der Waals surface area (Å²) in [5.41, 5.74) is 0.386. The number of aromatic nitrogens is 3. The second-order valence-electron chi connectivity index (χ2n) is 5.21. The van der Waals surface area contributed by atoms with Gasteiger partial charge in [0.2, 0.25) is 5.82 Å². The highest BCUT2D eigenvalue weighted by atomic mass is 16.5. The van der Waals surface area contributed by atoms with Gasteiger partial charge in [-0.25, -0.2) is 9.89 Å². The van der Waals surface area contributed by atoms with E-state index in [1.807, 2.05) is 61.5 Å². The highest BCUT2D eigenvalue weighted by molar-refractivity contribution is 5.90. The molecule has 0 aliphatic heterocycles. The third-order valence-electron chi connectivity index (χ3n) is 3.42. The molecule has 1 amide bonds. The Labute approximate surface area is 137 Å². The van der Waals surface area contributed by atoms with Crippen molar-refractivity contribution < 1.29 is 9.53 Å². The third-order valence-corrected chi connectivity index (χ3v) is 3.42. The van der Waals surface area contributed by atoms with Crippen molar-refractivity contribution in [2.45, 2.75) is 13.0 Å². The zero-order valence-corrected chi connectivity index (χ0v) is 12.9. The maximum absolute atomic E-state index is 12.0. The molecule has 1 aromatic heterocycles. The highest BCUT2D eigenvalue weighted by Crippen LogP contribution is 2.23. The SMILES string of the molecule is C[C@@H](NC(=O)c1n[nH]c(=O)[nH]1)c1ccc(Oc2ccccc2)cc1. The second kappa shape index (κ2) is 6.82. The van der Waals surface area contributed by atoms with E-state index in [1.165, 1.54) is 0 Å². The fourth-order valence-corrected chi connectivity index (χ4v) is 2.18. The Bertz CT molecular complexity index is 869. The van der Waals surface area contributed by atoms with Crippen LogP contribution in [0.25, 0.3) is 0 Å². The van der Waals surface area contributed by atoms with Gasteiger partial charge in [0.05, 0.1) is 6.04 Å². The standard InChI is InChI=1S/C17H16N4O3/c1-11(18-16(22)15-19-17(23)21-20-15)12-7-9-14(10-8-12)24-13-5-3-2-4-6-13/h2-11H,1H3,(H,18,22)(H2,19,20,21,23)/t11-/m1/s1. The molecule has 0 fully saturated rings. The van der Waals surface area contributed by atoms with Gasteiger partial charge < -0.3 is 10.1 Å². The van der Waals surface area contributed by atoms with Gasteiger partial charge >= 0.3 is 5.69 Å². The van der Waals surface area contributed by atoms with E-state index in [2.05, 4.69) is 20.5 Å². The van der Waals surface area contributed by atoms with Crippen LogP contribution in [0.3, 0.4) is 0 Å². The zero-order chi connectivity index (χ0) is 16.9. The zero-order valence-electron chi connectivity index (χ0n) is 12.9. The normalized spacial score (nSPS) is 11.7. The molecule has 2 aromatic carbocycles. The molecule has 3 rings (SSSR count). The molecule has 1 atom stereocenters. The summed E-state index contributed by atoms with van der Waals surface area (Å²) in [6.07, 6.45) is 0. The Morgan fingerprint density at radius 2 is 1.75 bits per heavy atom. The van der Waals surface area contributed by atoms with Crippen molar-refractivity contribution in [3.63, 3.8) is 0 Å². The van der Waals surface area contributed by atoms with Crippen molar-refractivity contribution in [2.24, 2.45) is 0 Å². The molecule has 0 aliphatic carbocycles. The van der Waals surface area contributed by atoms with Gasteiger partial charge in [-0.05, 0) is 36.8 Å². The first kappa shape index (κ1) is 15.5. The number of hydrogen-bond acceptors (Lipinski definition) is 4. The summed E-state index contributed by atoms with van der Waals surface area (Å²) in [6.45, 7) is 1.84. The molecule has 0 saturated carbocycles. The summed E-state index contributed by atoms with van der Waals surface area (Å²) in [7, 11) is 0. The lowest BCUT2D eigenvalue weighted by Crippen LogP contribution is -2.27. The van der Waals surface area contributed by atoms with E-state index in [0.717, 1.165) is 11.3 Å². The number of carbonyl (C=O) groups is 1. The Balaban J connectivity index is 1.64. The summed E-state index contributed by atoms with van der Waals surface area (Å²) < 4.78 is 5.73. The van der Waals surface area contributed by atoms with Crippen LogP contribution in [0.15, 0.2) is 59.4 Å². The smallest absolute Gasteiger partial charge is 0.341 e. The van der Waals surface area contributed by atoms with Crippen molar-refractivity contribution >= 4 is 5.91 Å². The number of H-pyrrole nitrogens is 2. The van der Waals surface area contributed by atoms with Crippen LogP contribution in [0.5, 0.6) is 11.5 Å². The van der Waals surface area contributed by atoms with E-state index in [9.17, 15) is 9.59 Å². The fourth-order valence-electron chi connectivity index (χ4n) is 2.18. The minimum Gasteiger partial charge on any atom is -0.457 e. The van der Waals surface area contributed by atoms with E-state index in [1.54, 1.807) is 0 Å². The Kier molecular flexibility index (Phi) is 4.42. The van der Waals surface area contributed by atoms with Gasteiger partial charge in [-0.15, -0.1) is 5.10 Å². The van der Waals surface area contributed by atoms with Crippen molar-refractivity contribution in [2.75, 3.05) is 0 Å².